The molecule has 1 N–H and O–H groups in total. The molecule has 0 aliphatic carbocycles. The van der Waals surface area contributed by atoms with Gasteiger partial charge in [-0.1, -0.05) is 13.0 Å². The molecule has 0 radical (unpaired) electrons. The Bertz CT molecular complexity index is 476. The quantitative estimate of drug-likeness (QED) is 0.825. The number of aryl methyl sites for hydroxylation is 2. The van der Waals surface area contributed by atoms with E-state index in [0.717, 1.165) is 25.2 Å². The topological polar surface area (TPSA) is 29.9 Å². The van der Waals surface area contributed by atoms with Gasteiger partial charge in [-0.15, -0.1) is 0 Å². The molecular weight excluding hydrogens is 234 g/mol. The summed E-state index contributed by atoms with van der Waals surface area (Å²) in [7, 11) is 0. The smallest absolute Gasteiger partial charge is 0.0421 e. The van der Waals surface area contributed by atoms with E-state index in [4.69, 9.17) is 0 Å². The highest BCUT2D eigenvalue weighted by Crippen LogP contribution is 2.13. The van der Waals surface area contributed by atoms with Crippen LogP contribution in [0.2, 0.25) is 0 Å². The average molecular weight is 257 g/mol. The van der Waals surface area contributed by atoms with Gasteiger partial charge in [0.1, 0.15) is 0 Å². The highest BCUT2D eigenvalue weighted by Gasteiger charge is 2.05. The van der Waals surface area contributed by atoms with Crippen LogP contribution in [0.4, 0.5) is 0 Å². The highest BCUT2D eigenvalue weighted by molar-refractivity contribution is 5.15. The first kappa shape index (κ1) is 13.8. The highest BCUT2D eigenvalue weighted by atomic mass is 15.0. The molecule has 2 aromatic heterocycles. The molecule has 0 bridgehead atoms. The first-order chi connectivity index (χ1) is 9.29. The van der Waals surface area contributed by atoms with Gasteiger partial charge in [-0.2, -0.15) is 0 Å². The Hall–Kier alpha value is -1.61. The molecule has 3 nitrogen and oxygen atoms in total. The summed E-state index contributed by atoms with van der Waals surface area (Å²) in [6.45, 7) is 6.46. The maximum atomic E-state index is 4.35. The van der Waals surface area contributed by atoms with Crippen molar-refractivity contribution in [2.45, 2.75) is 39.3 Å². The lowest BCUT2D eigenvalue weighted by molar-refractivity contribution is 0.568. The lowest BCUT2D eigenvalue weighted by Gasteiger charge is -2.11. The number of nitrogens with zero attached hydrogens (tertiary/aromatic N) is 2. The molecule has 2 rings (SSSR count). The van der Waals surface area contributed by atoms with Crippen molar-refractivity contribution in [1.29, 1.82) is 0 Å². The molecule has 0 aromatic carbocycles. The second kappa shape index (κ2) is 7.10. The van der Waals surface area contributed by atoms with E-state index in [9.17, 15) is 0 Å². The van der Waals surface area contributed by atoms with Gasteiger partial charge in [0, 0.05) is 43.3 Å². The molecule has 0 spiro atoms. The number of hydrogen-bond acceptors (Lipinski definition) is 2. The number of nitrogens with one attached hydrogen (secondary N) is 1. The predicted octanol–water partition coefficient (Wildman–Crippen LogP) is 3.19. The monoisotopic (exact) mass is 257 g/mol. The molecule has 0 aliphatic rings. The normalized spacial score (nSPS) is 12.5. The molecule has 2 heterocycles. The SMILES string of the molecule is CCCNC(C)c1ccn(CCc2ccccn2)c1. The Morgan fingerprint density at radius 2 is 2.21 bits per heavy atom. The van der Waals surface area contributed by atoms with Gasteiger partial charge in [-0.25, -0.2) is 0 Å². The lowest BCUT2D eigenvalue weighted by atomic mass is 10.2. The fraction of sp³-hybridized carbons (Fsp3) is 0.438. The third-order valence-corrected chi connectivity index (χ3v) is 3.33. The number of aromatic nitrogens is 2. The van der Waals surface area contributed by atoms with Gasteiger partial charge in [0.05, 0.1) is 0 Å². The van der Waals surface area contributed by atoms with Crippen LogP contribution in [0.1, 0.15) is 37.6 Å². The summed E-state index contributed by atoms with van der Waals surface area (Å²) < 4.78 is 2.24. The van der Waals surface area contributed by atoms with Gasteiger partial charge in [-0.05, 0) is 43.7 Å². The molecule has 19 heavy (non-hydrogen) atoms. The van der Waals surface area contributed by atoms with Crippen LogP contribution < -0.4 is 5.32 Å². The van der Waals surface area contributed by atoms with Crippen molar-refractivity contribution >= 4 is 0 Å². The van der Waals surface area contributed by atoms with Crippen LogP contribution in [0, 0.1) is 0 Å². The van der Waals surface area contributed by atoms with Crippen molar-refractivity contribution in [3.63, 3.8) is 0 Å². The van der Waals surface area contributed by atoms with Gasteiger partial charge in [0.25, 0.3) is 0 Å². The van der Waals surface area contributed by atoms with Crippen LogP contribution in [0.5, 0.6) is 0 Å². The molecule has 102 valence electrons. The Balaban J connectivity index is 1.87. The van der Waals surface area contributed by atoms with Crippen molar-refractivity contribution in [3.8, 4) is 0 Å². The van der Waals surface area contributed by atoms with E-state index in [1.165, 1.54) is 12.0 Å². The first-order valence-electron chi connectivity index (χ1n) is 7.08. The van der Waals surface area contributed by atoms with Gasteiger partial charge >= 0.3 is 0 Å². The van der Waals surface area contributed by atoms with Crippen molar-refractivity contribution in [2.75, 3.05) is 6.54 Å². The molecule has 0 fully saturated rings. The van der Waals surface area contributed by atoms with Crippen LogP contribution in [0.25, 0.3) is 0 Å². The Labute approximate surface area is 115 Å². The maximum Gasteiger partial charge on any atom is 0.0421 e. The Morgan fingerprint density at radius 3 is 2.95 bits per heavy atom. The summed E-state index contributed by atoms with van der Waals surface area (Å²) in [6, 6.07) is 8.70. The second-order valence-electron chi connectivity index (χ2n) is 4.93. The molecular formula is C16H23N3. The van der Waals surface area contributed by atoms with Crippen LogP contribution >= 0.6 is 0 Å². The lowest BCUT2D eigenvalue weighted by Crippen LogP contribution is -2.18. The largest absolute Gasteiger partial charge is 0.354 e. The summed E-state index contributed by atoms with van der Waals surface area (Å²) in [5.41, 5.74) is 2.50. The zero-order valence-corrected chi connectivity index (χ0v) is 11.8. The van der Waals surface area contributed by atoms with Crippen molar-refractivity contribution < 1.29 is 0 Å². The molecule has 3 heteroatoms. The van der Waals surface area contributed by atoms with Gasteiger partial charge in [-0.3, -0.25) is 4.98 Å². The molecule has 1 unspecified atom stereocenters. The minimum absolute atomic E-state index is 0.427. The van der Waals surface area contributed by atoms with E-state index in [1.807, 2.05) is 18.3 Å². The summed E-state index contributed by atoms with van der Waals surface area (Å²) in [6.07, 6.45) is 8.39. The van der Waals surface area contributed by atoms with E-state index >= 15 is 0 Å². The summed E-state index contributed by atoms with van der Waals surface area (Å²) in [4.78, 5) is 4.35. The van der Waals surface area contributed by atoms with Gasteiger partial charge in [0.2, 0.25) is 0 Å². The van der Waals surface area contributed by atoms with E-state index in [-0.39, 0.29) is 0 Å². The molecule has 0 saturated heterocycles. The standard InChI is InChI=1S/C16H23N3/c1-3-9-17-14(2)15-7-11-19(13-15)12-8-16-6-4-5-10-18-16/h4-7,10-11,13-14,17H,3,8-9,12H2,1-2H3. The van der Waals surface area contributed by atoms with Crippen molar-refractivity contribution in [1.82, 2.24) is 14.9 Å². The minimum atomic E-state index is 0.427. The summed E-state index contributed by atoms with van der Waals surface area (Å²) in [5.74, 6) is 0. The van der Waals surface area contributed by atoms with Crippen molar-refractivity contribution in [2.24, 2.45) is 0 Å². The zero-order chi connectivity index (χ0) is 13.5. The van der Waals surface area contributed by atoms with E-state index in [2.05, 4.69) is 53.2 Å². The van der Waals surface area contributed by atoms with Crippen LogP contribution in [-0.2, 0) is 13.0 Å². The van der Waals surface area contributed by atoms with Gasteiger partial charge in [0.15, 0.2) is 0 Å². The maximum absolute atomic E-state index is 4.35. The average Bonchev–Trinajstić information content (AvgIpc) is 2.92. The second-order valence-corrected chi connectivity index (χ2v) is 4.93. The predicted molar refractivity (Wildman–Crippen MR) is 79.1 cm³/mol. The zero-order valence-electron chi connectivity index (χ0n) is 11.8. The summed E-state index contributed by atoms with van der Waals surface area (Å²) in [5, 5.41) is 3.51. The molecule has 0 saturated carbocycles. The molecule has 1 atom stereocenters. The number of rotatable bonds is 7. The van der Waals surface area contributed by atoms with Crippen LogP contribution in [0.15, 0.2) is 42.9 Å². The molecule has 0 amide bonds. The van der Waals surface area contributed by atoms with E-state index < -0.39 is 0 Å². The van der Waals surface area contributed by atoms with E-state index in [0.29, 0.717) is 6.04 Å². The van der Waals surface area contributed by atoms with Crippen LogP contribution in [-0.4, -0.2) is 16.1 Å². The number of pyridine rings is 1. The van der Waals surface area contributed by atoms with Crippen molar-refractivity contribution in [3.05, 3.63) is 54.1 Å². The minimum Gasteiger partial charge on any atom is -0.354 e. The summed E-state index contributed by atoms with van der Waals surface area (Å²) >= 11 is 0. The number of hydrogen-bond donors (Lipinski definition) is 1. The molecule has 2 aromatic rings. The van der Waals surface area contributed by atoms with Crippen LogP contribution in [0.3, 0.4) is 0 Å². The molecule has 0 aliphatic heterocycles. The van der Waals surface area contributed by atoms with Gasteiger partial charge < -0.3 is 9.88 Å². The Morgan fingerprint density at radius 1 is 1.32 bits per heavy atom. The van der Waals surface area contributed by atoms with E-state index in [1.54, 1.807) is 0 Å². The Kier molecular flexibility index (Phi) is 5.16. The third kappa shape index (κ3) is 4.21. The fourth-order valence-corrected chi connectivity index (χ4v) is 2.12. The third-order valence-electron chi connectivity index (χ3n) is 3.33. The first-order valence-corrected chi connectivity index (χ1v) is 7.08. The fourth-order valence-electron chi connectivity index (χ4n) is 2.12.